The van der Waals surface area contributed by atoms with Crippen LogP contribution in [0.5, 0.6) is 23.0 Å². The lowest BCUT2D eigenvalue weighted by Crippen LogP contribution is -2.53. The number of amides is 2. The van der Waals surface area contributed by atoms with Crippen LogP contribution in [0.4, 0.5) is 4.79 Å². The number of piperidine rings is 1. The van der Waals surface area contributed by atoms with Crippen molar-refractivity contribution in [3.8, 4) is 23.0 Å². The molecule has 38 heavy (non-hydrogen) atoms. The number of carbonyl (C=O) groups is 1. The maximum absolute atomic E-state index is 13.8. The highest BCUT2D eigenvalue weighted by Crippen LogP contribution is 2.45. The van der Waals surface area contributed by atoms with E-state index in [1.54, 1.807) is 28.4 Å². The molecular weight excluding hydrogens is 482 g/mol. The molecule has 0 N–H and O–H groups in total. The quantitative estimate of drug-likeness (QED) is 0.449. The van der Waals surface area contributed by atoms with Gasteiger partial charge in [0.1, 0.15) is 23.0 Å². The highest BCUT2D eigenvalue weighted by Gasteiger charge is 2.53. The van der Waals surface area contributed by atoms with Crippen molar-refractivity contribution in [2.75, 3.05) is 48.1 Å². The van der Waals surface area contributed by atoms with Gasteiger partial charge < -0.3 is 23.8 Å². The summed E-state index contributed by atoms with van der Waals surface area (Å²) in [6.45, 7) is 9.88. The summed E-state index contributed by atoms with van der Waals surface area (Å²) in [7, 11) is 6.66. The minimum atomic E-state index is -0.306. The maximum atomic E-state index is 13.8. The van der Waals surface area contributed by atoms with Gasteiger partial charge in [-0.1, -0.05) is 6.08 Å². The van der Waals surface area contributed by atoms with Crippen molar-refractivity contribution in [1.82, 2.24) is 14.7 Å². The summed E-state index contributed by atoms with van der Waals surface area (Å²) in [6.07, 6.45) is 3.89. The van der Waals surface area contributed by atoms with E-state index in [-0.39, 0.29) is 11.6 Å². The first-order chi connectivity index (χ1) is 18.3. The van der Waals surface area contributed by atoms with Crippen molar-refractivity contribution in [2.45, 2.75) is 52.2 Å². The van der Waals surface area contributed by atoms with Gasteiger partial charge in [0.05, 0.1) is 40.5 Å². The summed E-state index contributed by atoms with van der Waals surface area (Å²) in [5.74, 6) is 3.07. The largest absolute Gasteiger partial charge is 0.497 e. The van der Waals surface area contributed by atoms with Gasteiger partial charge >= 0.3 is 6.03 Å². The molecule has 4 rings (SSSR count). The number of likely N-dealkylation sites (tertiary alicyclic amines) is 1. The molecule has 0 aromatic heterocycles. The molecule has 0 bridgehead atoms. The standard InChI is InChI=1S/C30H41N3O5/c1-8-28-30(10-12-31(13-11-30)19-22-14-24(35-4)17-25(15-22)36-5)33(9-2)29(34)32(28)20-23-16-26(37-6)18-27(38-7)21(23)3/h8,14-18H,9-13,19-20H2,1-7H3/b28-8-. The SMILES string of the molecule is C/C=C1\N(Cc2cc(OC)cc(OC)c2C)C(=O)N(CC)C12CCN(Cc1cc(OC)cc(OC)c1)CC2. The van der Waals surface area contributed by atoms with Crippen molar-refractivity contribution in [2.24, 2.45) is 0 Å². The lowest BCUT2D eigenvalue weighted by molar-refractivity contribution is 0.0889. The second-order valence-corrected chi connectivity index (χ2v) is 9.93. The summed E-state index contributed by atoms with van der Waals surface area (Å²) in [5.41, 5.74) is 3.98. The van der Waals surface area contributed by atoms with Crippen LogP contribution in [-0.2, 0) is 13.1 Å². The average molecular weight is 524 g/mol. The Bertz CT molecular complexity index is 1160. The highest BCUT2D eigenvalue weighted by atomic mass is 16.5. The van der Waals surface area contributed by atoms with E-state index in [0.29, 0.717) is 13.1 Å². The van der Waals surface area contributed by atoms with Gasteiger partial charge in [0.25, 0.3) is 0 Å². The third-order valence-electron chi connectivity index (χ3n) is 8.06. The van der Waals surface area contributed by atoms with E-state index in [4.69, 9.17) is 18.9 Å². The number of likely N-dealkylation sites (N-methyl/N-ethyl adjacent to an activating group) is 1. The van der Waals surface area contributed by atoms with Gasteiger partial charge in [-0.3, -0.25) is 9.80 Å². The number of benzene rings is 2. The number of rotatable bonds is 9. The molecule has 0 saturated carbocycles. The number of ether oxygens (including phenoxy) is 4. The second kappa shape index (κ2) is 11.6. The van der Waals surface area contributed by atoms with Crippen LogP contribution < -0.4 is 18.9 Å². The number of allylic oxidation sites excluding steroid dienone is 1. The Kier molecular flexibility index (Phi) is 8.41. The smallest absolute Gasteiger partial charge is 0.325 e. The topological polar surface area (TPSA) is 63.7 Å². The summed E-state index contributed by atoms with van der Waals surface area (Å²) < 4.78 is 22.0. The summed E-state index contributed by atoms with van der Waals surface area (Å²) in [4.78, 5) is 20.3. The molecule has 2 heterocycles. The molecule has 2 aromatic rings. The fourth-order valence-corrected chi connectivity index (χ4v) is 6.04. The second-order valence-electron chi connectivity index (χ2n) is 9.93. The Morgan fingerprint density at radius 1 is 0.868 bits per heavy atom. The summed E-state index contributed by atoms with van der Waals surface area (Å²) >= 11 is 0. The third-order valence-corrected chi connectivity index (χ3v) is 8.06. The molecule has 2 saturated heterocycles. The number of methoxy groups -OCH3 is 4. The first-order valence-electron chi connectivity index (χ1n) is 13.3. The predicted octanol–water partition coefficient (Wildman–Crippen LogP) is 5.23. The van der Waals surface area contributed by atoms with E-state index in [2.05, 4.69) is 34.9 Å². The first-order valence-corrected chi connectivity index (χ1v) is 13.3. The molecule has 2 aliphatic rings. The van der Waals surface area contributed by atoms with Crippen molar-refractivity contribution < 1.29 is 23.7 Å². The van der Waals surface area contributed by atoms with Crippen LogP contribution in [0.1, 0.15) is 43.4 Å². The van der Waals surface area contributed by atoms with Gasteiger partial charge in [-0.05, 0) is 68.5 Å². The Morgan fingerprint density at radius 2 is 1.47 bits per heavy atom. The molecule has 8 nitrogen and oxygen atoms in total. The fraction of sp³-hybridized carbons (Fsp3) is 0.500. The van der Waals surface area contributed by atoms with Gasteiger partial charge in [0, 0.05) is 44.0 Å². The van der Waals surface area contributed by atoms with Gasteiger partial charge in [-0.15, -0.1) is 0 Å². The monoisotopic (exact) mass is 523 g/mol. The van der Waals surface area contributed by atoms with Crippen molar-refractivity contribution in [3.05, 3.63) is 58.8 Å². The fourth-order valence-electron chi connectivity index (χ4n) is 6.04. The molecule has 2 fully saturated rings. The van der Waals surface area contributed by atoms with Crippen LogP contribution in [0, 0.1) is 6.92 Å². The van der Waals surface area contributed by atoms with E-state index >= 15 is 0 Å². The third kappa shape index (κ3) is 5.01. The Labute approximate surface area is 226 Å². The number of nitrogens with zero attached hydrogens (tertiary/aromatic N) is 3. The van der Waals surface area contributed by atoms with Crippen LogP contribution in [0.15, 0.2) is 42.1 Å². The van der Waals surface area contributed by atoms with E-state index in [1.165, 1.54) is 0 Å². The van der Waals surface area contributed by atoms with Crippen LogP contribution in [0.3, 0.4) is 0 Å². The van der Waals surface area contributed by atoms with E-state index in [0.717, 1.165) is 77.9 Å². The minimum Gasteiger partial charge on any atom is -0.497 e. The molecule has 2 amide bonds. The molecule has 1 spiro atoms. The van der Waals surface area contributed by atoms with Crippen molar-refractivity contribution in [1.29, 1.82) is 0 Å². The van der Waals surface area contributed by atoms with E-state index < -0.39 is 0 Å². The molecule has 8 heteroatoms. The molecule has 0 atom stereocenters. The molecule has 0 unspecified atom stereocenters. The molecule has 0 radical (unpaired) electrons. The lowest BCUT2D eigenvalue weighted by atomic mass is 9.83. The normalized spacial score (nSPS) is 18.4. The van der Waals surface area contributed by atoms with Crippen LogP contribution in [-0.4, -0.2) is 74.3 Å². The zero-order valence-electron chi connectivity index (χ0n) is 23.8. The average Bonchev–Trinajstić information content (AvgIpc) is 3.15. The summed E-state index contributed by atoms with van der Waals surface area (Å²) in [5, 5.41) is 0. The van der Waals surface area contributed by atoms with Gasteiger partial charge in [0.2, 0.25) is 0 Å². The van der Waals surface area contributed by atoms with Crippen LogP contribution >= 0.6 is 0 Å². The maximum Gasteiger partial charge on any atom is 0.325 e. The molecule has 2 aliphatic heterocycles. The molecule has 0 aliphatic carbocycles. The van der Waals surface area contributed by atoms with Gasteiger partial charge in [-0.2, -0.15) is 0 Å². The Balaban J connectivity index is 1.56. The molecule has 206 valence electrons. The Morgan fingerprint density at radius 3 is 2.00 bits per heavy atom. The number of carbonyl (C=O) groups excluding carboxylic acids is 1. The van der Waals surface area contributed by atoms with Crippen LogP contribution in [0.25, 0.3) is 0 Å². The van der Waals surface area contributed by atoms with Gasteiger partial charge in [0.15, 0.2) is 0 Å². The molecular formula is C30H41N3O5. The predicted molar refractivity (Wildman–Crippen MR) is 148 cm³/mol. The minimum absolute atomic E-state index is 0.0627. The zero-order valence-corrected chi connectivity index (χ0v) is 23.8. The van der Waals surface area contributed by atoms with Crippen molar-refractivity contribution in [3.63, 3.8) is 0 Å². The lowest BCUT2D eigenvalue weighted by Gasteiger charge is -2.44. The molecule has 2 aromatic carbocycles. The first kappa shape index (κ1) is 27.6. The van der Waals surface area contributed by atoms with E-state index in [9.17, 15) is 4.79 Å². The van der Waals surface area contributed by atoms with Crippen molar-refractivity contribution >= 4 is 6.03 Å². The number of hydrogen-bond donors (Lipinski definition) is 0. The van der Waals surface area contributed by atoms with Gasteiger partial charge in [-0.25, -0.2) is 4.79 Å². The van der Waals surface area contributed by atoms with Crippen LogP contribution in [0.2, 0.25) is 0 Å². The number of hydrogen-bond acceptors (Lipinski definition) is 6. The summed E-state index contributed by atoms with van der Waals surface area (Å²) in [6, 6.07) is 9.97. The Hall–Kier alpha value is -3.39. The van der Waals surface area contributed by atoms with E-state index in [1.807, 2.05) is 36.9 Å². The zero-order chi connectivity index (χ0) is 27.4. The number of urea groups is 1. The highest BCUT2D eigenvalue weighted by molar-refractivity contribution is 5.82.